The average Bonchev–Trinajstić information content (AvgIpc) is 2.09. The van der Waals surface area contributed by atoms with Gasteiger partial charge in [-0.3, -0.25) is 0 Å². The van der Waals surface area contributed by atoms with Crippen molar-refractivity contribution < 1.29 is 13.2 Å². The van der Waals surface area contributed by atoms with E-state index in [4.69, 9.17) is 0 Å². The van der Waals surface area contributed by atoms with Gasteiger partial charge in [-0.2, -0.15) is 13.2 Å². The van der Waals surface area contributed by atoms with E-state index in [2.05, 4.69) is 6.58 Å². The van der Waals surface area contributed by atoms with Crippen molar-refractivity contribution in [3.8, 4) is 0 Å². The van der Waals surface area contributed by atoms with Gasteiger partial charge >= 0.3 is 6.18 Å². The summed E-state index contributed by atoms with van der Waals surface area (Å²) in [5.74, 6) is 0. The fourth-order valence-electron chi connectivity index (χ4n) is 0.791. The first-order valence-electron chi connectivity index (χ1n) is 4.55. The Balaban J connectivity index is 4.82. The SMILES string of the molecule is C=C(/C=C(\C=C/CC)C(F)(F)F)CC. The molecule has 0 unspecified atom stereocenters. The van der Waals surface area contributed by atoms with Crippen molar-refractivity contribution in [1.29, 1.82) is 0 Å². The molecular formula is C11H15F3. The van der Waals surface area contributed by atoms with E-state index in [-0.39, 0.29) is 0 Å². The fourth-order valence-corrected chi connectivity index (χ4v) is 0.791. The molecule has 0 amide bonds. The molecule has 14 heavy (non-hydrogen) atoms. The quantitative estimate of drug-likeness (QED) is 0.595. The van der Waals surface area contributed by atoms with E-state index in [1.807, 2.05) is 0 Å². The van der Waals surface area contributed by atoms with Crippen molar-refractivity contribution in [3.05, 3.63) is 36.0 Å². The zero-order valence-electron chi connectivity index (χ0n) is 8.49. The van der Waals surface area contributed by atoms with Crippen LogP contribution in [0.15, 0.2) is 36.0 Å². The third-order valence-corrected chi connectivity index (χ3v) is 1.67. The van der Waals surface area contributed by atoms with Crippen LogP contribution in [-0.4, -0.2) is 6.18 Å². The first-order valence-corrected chi connectivity index (χ1v) is 4.55. The number of alkyl halides is 3. The summed E-state index contributed by atoms with van der Waals surface area (Å²) in [7, 11) is 0. The molecule has 0 saturated heterocycles. The van der Waals surface area contributed by atoms with Crippen LogP contribution >= 0.6 is 0 Å². The van der Waals surface area contributed by atoms with E-state index in [9.17, 15) is 13.2 Å². The minimum absolute atomic E-state index is 0.484. The lowest BCUT2D eigenvalue weighted by atomic mass is 10.1. The molecule has 0 radical (unpaired) electrons. The van der Waals surface area contributed by atoms with Crippen LogP contribution < -0.4 is 0 Å². The second kappa shape index (κ2) is 5.68. The normalized spacial score (nSPS) is 13.6. The second-order valence-electron chi connectivity index (χ2n) is 2.92. The summed E-state index contributed by atoms with van der Waals surface area (Å²) in [6.45, 7) is 7.09. The van der Waals surface area contributed by atoms with Crippen LogP contribution in [0.25, 0.3) is 0 Å². The Hall–Kier alpha value is -0.990. The zero-order chi connectivity index (χ0) is 11.2. The summed E-state index contributed by atoms with van der Waals surface area (Å²) in [5, 5.41) is 0. The Morgan fingerprint density at radius 1 is 1.29 bits per heavy atom. The Bertz CT molecular complexity index is 244. The summed E-state index contributed by atoms with van der Waals surface area (Å²) in [5.41, 5.74) is -0.149. The number of halogens is 3. The number of hydrogen-bond acceptors (Lipinski definition) is 0. The van der Waals surface area contributed by atoms with Crippen molar-refractivity contribution in [2.75, 3.05) is 0 Å². The van der Waals surface area contributed by atoms with Crippen molar-refractivity contribution in [2.24, 2.45) is 0 Å². The summed E-state index contributed by atoms with van der Waals surface area (Å²) in [6, 6.07) is 0. The minimum Gasteiger partial charge on any atom is -0.166 e. The molecule has 0 aliphatic rings. The molecule has 0 aromatic carbocycles. The van der Waals surface area contributed by atoms with Gasteiger partial charge in [0.25, 0.3) is 0 Å². The molecule has 0 rings (SSSR count). The molecule has 0 saturated carbocycles. The van der Waals surface area contributed by atoms with Crippen molar-refractivity contribution in [1.82, 2.24) is 0 Å². The summed E-state index contributed by atoms with van der Waals surface area (Å²) >= 11 is 0. The molecule has 0 aliphatic heterocycles. The van der Waals surface area contributed by atoms with Gasteiger partial charge in [0.1, 0.15) is 0 Å². The molecule has 80 valence electrons. The number of hydrogen-bond donors (Lipinski definition) is 0. The topological polar surface area (TPSA) is 0 Å². The molecule has 3 heteroatoms. The first kappa shape index (κ1) is 13.0. The van der Waals surface area contributed by atoms with E-state index in [0.29, 0.717) is 18.4 Å². The largest absolute Gasteiger partial charge is 0.416 e. The molecule has 0 bridgehead atoms. The van der Waals surface area contributed by atoms with Crippen LogP contribution in [0.5, 0.6) is 0 Å². The predicted molar refractivity (Wildman–Crippen MR) is 53.0 cm³/mol. The second-order valence-corrected chi connectivity index (χ2v) is 2.92. The van der Waals surface area contributed by atoms with E-state index < -0.39 is 11.7 Å². The Morgan fingerprint density at radius 2 is 1.86 bits per heavy atom. The van der Waals surface area contributed by atoms with Crippen LogP contribution in [0, 0.1) is 0 Å². The molecule has 0 spiro atoms. The summed E-state index contributed by atoms with van der Waals surface area (Å²) in [6.07, 6.45) is 0.505. The smallest absolute Gasteiger partial charge is 0.166 e. The molecule has 0 aromatic rings. The highest BCUT2D eigenvalue weighted by Gasteiger charge is 2.31. The maximum Gasteiger partial charge on any atom is 0.416 e. The predicted octanol–water partition coefficient (Wildman–Crippen LogP) is 4.41. The maximum atomic E-state index is 12.4. The van der Waals surface area contributed by atoms with Gasteiger partial charge in [-0.05, 0) is 18.9 Å². The molecule has 0 fully saturated rings. The van der Waals surface area contributed by atoms with Crippen LogP contribution in [-0.2, 0) is 0 Å². The lowest BCUT2D eigenvalue weighted by molar-refractivity contribution is -0.0882. The van der Waals surface area contributed by atoms with Gasteiger partial charge in [-0.1, -0.05) is 38.2 Å². The Labute approximate surface area is 82.8 Å². The standard InChI is InChI=1S/C11H15F3/c1-4-6-7-10(11(12,13)14)8-9(3)5-2/h6-8H,3-5H2,1-2H3/b7-6-,10-8+. The van der Waals surface area contributed by atoms with E-state index >= 15 is 0 Å². The van der Waals surface area contributed by atoms with Crippen LogP contribution in [0.3, 0.4) is 0 Å². The molecule has 0 aromatic heterocycles. The monoisotopic (exact) mass is 204 g/mol. The molecule has 0 N–H and O–H groups in total. The lowest BCUT2D eigenvalue weighted by Gasteiger charge is -2.07. The van der Waals surface area contributed by atoms with Crippen molar-refractivity contribution in [3.63, 3.8) is 0 Å². The van der Waals surface area contributed by atoms with Gasteiger partial charge in [-0.15, -0.1) is 0 Å². The summed E-state index contributed by atoms with van der Waals surface area (Å²) < 4.78 is 37.1. The Kier molecular flexibility index (Phi) is 5.28. The van der Waals surface area contributed by atoms with Gasteiger partial charge in [-0.25, -0.2) is 0 Å². The fraction of sp³-hybridized carbons (Fsp3) is 0.455. The molecule has 0 aliphatic carbocycles. The first-order chi connectivity index (χ1) is 6.41. The van der Waals surface area contributed by atoms with E-state index in [0.717, 1.165) is 12.2 Å². The van der Waals surface area contributed by atoms with Gasteiger partial charge < -0.3 is 0 Å². The molecular weight excluding hydrogens is 189 g/mol. The number of rotatable bonds is 4. The highest BCUT2D eigenvalue weighted by atomic mass is 19.4. The van der Waals surface area contributed by atoms with Gasteiger partial charge in [0.15, 0.2) is 0 Å². The molecule has 0 atom stereocenters. The van der Waals surface area contributed by atoms with Crippen LogP contribution in [0.1, 0.15) is 26.7 Å². The third-order valence-electron chi connectivity index (χ3n) is 1.67. The molecule has 0 nitrogen and oxygen atoms in total. The van der Waals surface area contributed by atoms with E-state index in [1.165, 1.54) is 6.08 Å². The average molecular weight is 204 g/mol. The minimum atomic E-state index is -4.29. The molecule has 0 heterocycles. The highest BCUT2D eigenvalue weighted by Crippen LogP contribution is 2.27. The van der Waals surface area contributed by atoms with Crippen LogP contribution in [0.4, 0.5) is 13.2 Å². The zero-order valence-corrected chi connectivity index (χ0v) is 8.49. The van der Waals surface area contributed by atoms with Gasteiger partial charge in [0.05, 0.1) is 5.57 Å². The van der Waals surface area contributed by atoms with Crippen molar-refractivity contribution >= 4 is 0 Å². The number of allylic oxidation sites excluding steroid dienone is 5. The maximum absolute atomic E-state index is 12.4. The van der Waals surface area contributed by atoms with E-state index in [1.54, 1.807) is 13.8 Å². The van der Waals surface area contributed by atoms with Gasteiger partial charge in [0, 0.05) is 0 Å². The summed E-state index contributed by atoms with van der Waals surface area (Å²) in [4.78, 5) is 0. The van der Waals surface area contributed by atoms with Crippen LogP contribution in [0.2, 0.25) is 0 Å². The highest BCUT2D eigenvalue weighted by molar-refractivity contribution is 5.31. The van der Waals surface area contributed by atoms with Gasteiger partial charge in [0.2, 0.25) is 0 Å². The Morgan fingerprint density at radius 3 is 2.21 bits per heavy atom. The third kappa shape index (κ3) is 4.90. The van der Waals surface area contributed by atoms with Crippen molar-refractivity contribution in [2.45, 2.75) is 32.9 Å². The lowest BCUT2D eigenvalue weighted by Crippen LogP contribution is -2.10.